The molecule has 3 nitrogen and oxygen atoms in total. The maximum atomic E-state index is 12.5. The maximum absolute atomic E-state index is 12.5. The first-order valence-electron chi connectivity index (χ1n) is 7.33. The smallest absolute Gasteiger partial charge is 0.275 e. The SMILES string of the molecule is Cc1c(NC(=O)c2ncc(Br)cc2Cl)cccc1-c1ccccc1. The predicted molar refractivity (Wildman–Crippen MR) is 102 cm³/mol. The van der Waals surface area contributed by atoms with Crippen LogP contribution in [0.3, 0.4) is 0 Å². The summed E-state index contributed by atoms with van der Waals surface area (Å²) in [5.41, 5.74) is 4.10. The Morgan fingerprint density at radius 1 is 1.12 bits per heavy atom. The first-order chi connectivity index (χ1) is 11.6. The lowest BCUT2D eigenvalue weighted by molar-refractivity contribution is 0.102. The highest BCUT2D eigenvalue weighted by Crippen LogP contribution is 2.29. The van der Waals surface area contributed by atoms with Crippen molar-refractivity contribution in [2.75, 3.05) is 5.32 Å². The van der Waals surface area contributed by atoms with Gasteiger partial charge in [-0.25, -0.2) is 4.98 Å². The van der Waals surface area contributed by atoms with E-state index in [9.17, 15) is 4.79 Å². The fraction of sp³-hybridized carbons (Fsp3) is 0.0526. The van der Waals surface area contributed by atoms with Gasteiger partial charge in [-0.15, -0.1) is 0 Å². The minimum Gasteiger partial charge on any atom is -0.320 e. The van der Waals surface area contributed by atoms with E-state index in [0.717, 1.165) is 26.9 Å². The average Bonchev–Trinajstić information content (AvgIpc) is 2.57. The predicted octanol–water partition coefficient (Wildman–Crippen LogP) is 5.73. The summed E-state index contributed by atoms with van der Waals surface area (Å²) >= 11 is 9.38. The molecule has 1 heterocycles. The van der Waals surface area contributed by atoms with Gasteiger partial charge in [0.1, 0.15) is 5.69 Å². The van der Waals surface area contributed by atoms with E-state index in [4.69, 9.17) is 11.6 Å². The molecule has 0 aliphatic carbocycles. The molecule has 0 aliphatic heterocycles. The lowest BCUT2D eigenvalue weighted by Gasteiger charge is -2.13. The maximum Gasteiger partial charge on any atom is 0.275 e. The van der Waals surface area contributed by atoms with E-state index >= 15 is 0 Å². The van der Waals surface area contributed by atoms with Crippen molar-refractivity contribution in [3.63, 3.8) is 0 Å². The topological polar surface area (TPSA) is 42.0 Å². The molecule has 1 aromatic heterocycles. The third-order valence-electron chi connectivity index (χ3n) is 3.69. The van der Waals surface area contributed by atoms with Gasteiger partial charge in [-0.3, -0.25) is 4.79 Å². The Labute approximate surface area is 153 Å². The summed E-state index contributed by atoms with van der Waals surface area (Å²) in [5, 5.41) is 3.20. The van der Waals surface area contributed by atoms with Gasteiger partial charge in [0.2, 0.25) is 0 Å². The van der Waals surface area contributed by atoms with Gasteiger partial charge in [0.15, 0.2) is 0 Å². The number of rotatable bonds is 3. The van der Waals surface area contributed by atoms with Crippen LogP contribution in [0.15, 0.2) is 65.3 Å². The van der Waals surface area contributed by atoms with Crippen LogP contribution in [0.1, 0.15) is 16.1 Å². The highest BCUT2D eigenvalue weighted by Gasteiger charge is 2.15. The van der Waals surface area contributed by atoms with Crippen molar-refractivity contribution < 1.29 is 4.79 Å². The molecule has 2 aromatic carbocycles. The molecular weight excluding hydrogens is 388 g/mol. The van der Waals surface area contributed by atoms with Crippen LogP contribution in [0.5, 0.6) is 0 Å². The summed E-state index contributed by atoms with van der Waals surface area (Å²) in [6.07, 6.45) is 1.55. The standard InChI is InChI=1S/C19H14BrClN2O/c1-12-15(13-6-3-2-4-7-13)8-5-9-17(12)23-19(24)18-16(21)10-14(20)11-22-18/h2-11H,1H3,(H,23,24). The molecule has 0 fully saturated rings. The number of nitrogens with zero attached hydrogens (tertiary/aromatic N) is 1. The summed E-state index contributed by atoms with van der Waals surface area (Å²) in [5.74, 6) is -0.333. The van der Waals surface area contributed by atoms with Crippen LogP contribution in [0.2, 0.25) is 5.02 Å². The molecule has 1 N–H and O–H groups in total. The Morgan fingerprint density at radius 2 is 1.88 bits per heavy atom. The van der Waals surface area contributed by atoms with Gasteiger partial charge in [0.05, 0.1) is 5.02 Å². The number of pyridine rings is 1. The zero-order valence-electron chi connectivity index (χ0n) is 12.9. The first-order valence-corrected chi connectivity index (χ1v) is 8.51. The second kappa shape index (κ2) is 7.16. The van der Waals surface area contributed by atoms with E-state index < -0.39 is 0 Å². The number of carbonyl (C=O) groups excluding carboxylic acids is 1. The van der Waals surface area contributed by atoms with Crippen LogP contribution in [0.25, 0.3) is 11.1 Å². The van der Waals surface area contributed by atoms with E-state index in [1.165, 1.54) is 0 Å². The molecule has 1 amide bonds. The molecule has 0 radical (unpaired) electrons. The zero-order valence-corrected chi connectivity index (χ0v) is 15.2. The van der Waals surface area contributed by atoms with Gasteiger partial charge >= 0.3 is 0 Å². The van der Waals surface area contributed by atoms with Crippen LogP contribution in [-0.2, 0) is 0 Å². The molecule has 24 heavy (non-hydrogen) atoms. The summed E-state index contributed by atoms with van der Waals surface area (Å²) < 4.78 is 0.728. The lowest BCUT2D eigenvalue weighted by atomic mass is 9.99. The molecule has 120 valence electrons. The number of hydrogen-bond donors (Lipinski definition) is 1. The van der Waals surface area contributed by atoms with Crippen LogP contribution >= 0.6 is 27.5 Å². The van der Waals surface area contributed by atoms with Crippen LogP contribution < -0.4 is 5.32 Å². The number of hydrogen-bond acceptors (Lipinski definition) is 2. The molecule has 0 bridgehead atoms. The van der Waals surface area contributed by atoms with E-state index in [2.05, 4.69) is 26.2 Å². The second-order valence-electron chi connectivity index (χ2n) is 5.28. The number of carbonyl (C=O) groups is 1. The summed E-state index contributed by atoms with van der Waals surface area (Å²) in [7, 11) is 0. The Balaban J connectivity index is 1.92. The normalized spacial score (nSPS) is 10.5. The average molecular weight is 402 g/mol. The monoisotopic (exact) mass is 400 g/mol. The molecule has 3 aromatic rings. The largest absolute Gasteiger partial charge is 0.320 e. The van der Waals surface area contributed by atoms with Gasteiger partial charge in [-0.2, -0.15) is 0 Å². The van der Waals surface area contributed by atoms with Crippen molar-refractivity contribution in [3.8, 4) is 11.1 Å². The third-order valence-corrected chi connectivity index (χ3v) is 4.41. The van der Waals surface area contributed by atoms with Crippen molar-refractivity contribution in [2.45, 2.75) is 6.92 Å². The molecule has 0 saturated heterocycles. The number of amides is 1. The molecule has 0 saturated carbocycles. The minimum atomic E-state index is -0.333. The Hall–Kier alpha value is -2.17. The molecule has 0 spiro atoms. The van der Waals surface area contributed by atoms with Crippen LogP contribution in [-0.4, -0.2) is 10.9 Å². The quantitative estimate of drug-likeness (QED) is 0.609. The van der Waals surface area contributed by atoms with Gasteiger partial charge in [-0.1, -0.05) is 54.1 Å². The van der Waals surface area contributed by atoms with E-state index in [1.54, 1.807) is 12.3 Å². The van der Waals surface area contributed by atoms with Crippen molar-refractivity contribution in [3.05, 3.63) is 81.5 Å². The van der Waals surface area contributed by atoms with Gasteiger partial charge < -0.3 is 5.32 Å². The minimum absolute atomic E-state index is 0.199. The third kappa shape index (κ3) is 3.50. The van der Waals surface area contributed by atoms with Crippen LogP contribution in [0, 0.1) is 6.92 Å². The first kappa shape index (κ1) is 16.7. The number of nitrogens with one attached hydrogen (secondary N) is 1. The number of halogens is 2. The van der Waals surface area contributed by atoms with Crippen molar-refractivity contribution in [1.29, 1.82) is 0 Å². The molecular formula is C19H14BrClN2O. The Kier molecular flexibility index (Phi) is 4.97. The fourth-order valence-electron chi connectivity index (χ4n) is 2.46. The van der Waals surface area contributed by atoms with E-state index in [1.807, 2.05) is 55.5 Å². The van der Waals surface area contributed by atoms with Crippen molar-refractivity contribution in [1.82, 2.24) is 4.98 Å². The fourth-order valence-corrected chi connectivity index (χ4v) is 3.18. The highest BCUT2D eigenvalue weighted by molar-refractivity contribution is 9.10. The van der Waals surface area contributed by atoms with Crippen molar-refractivity contribution >= 4 is 39.1 Å². The Bertz CT molecular complexity index is 897. The molecule has 5 heteroatoms. The summed E-state index contributed by atoms with van der Waals surface area (Å²) in [6.45, 7) is 1.98. The van der Waals surface area contributed by atoms with E-state index in [-0.39, 0.29) is 11.6 Å². The van der Waals surface area contributed by atoms with Gasteiger partial charge in [0.25, 0.3) is 5.91 Å². The van der Waals surface area contributed by atoms with Gasteiger partial charge in [0, 0.05) is 16.4 Å². The second-order valence-corrected chi connectivity index (χ2v) is 6.61. The molecule has 0 aliphatic rings. The summed E-state index contributed by atoms with van der Waals surface area (Å²) in [6, 6.07) is 17.5. The molecule has 0 atom stereocenters. The number of anilines is 1. The summed E-state index contributed by atoms with van der Waals surface area (Å²) in [4.78, 5) is 16.6. The van der Waals surface area contributed by atoms with Gasteiger partial charge in [-0.05, 0) is 51.7 Å². The highest BCUT2D eigenvalue weighted by atomic mass is 79.9. The molecule has 3 rings (SSSR count). The number of aromatic nitrogens is 1. The zero-order chi connectivity index (χ0) is 17.1. The molecule has 0 unspecified atom stereocenters. The number of benzene rings is 2. The van der Waals surface area contributed by atoms with Crippen molar-refractivity contribution in [2.24, 2.45) is 0 Å². The van der Waals surface area contributed by atoms with E-state index in [0.29, 0.717) is 5.02 Å². The van der Waals surface area contributed by atoms with Crippen LogP contribution in [0.4, 0.5) is 5.69 Å². The lowest BCUT2D eigenvalue weighted by Crippen LogP contribution is -2.15. The Morgan fingerprint density at radius 3 is 2.58 bits per heavy atom.